The van der Waals surface area contributed by atoms with E-state index >= 15 is 0 Å². The third-order valence-corrected chi connectivity index (χ3v) is 4.73. The predicted molar refractivity (Wildman–Crippen MR) is 107 cm³/mol. The van der Waals surface area contributed by atoms with Crippen LogP contribution in [0, 0.1) is 0 Å². The number of aromatic nitrogens is 1. The summed E-state index contributed by atoms with van der Waals surface area (Å²) >= 11 is 0. The van der Waals surface area contributed by atoms with Crippen LogP contribution in [0.4, 0.5) is 0 Å². The van der Waals surface area contributed by atoms with Crippen LogP contribution >= 0.6 is 0 Å². The fourth-order valence-corrected chi connectivity index (χ4v) is 3.34. The number of ether oxygens (including phenoxy) is 2. The normalized spacial score (nSPS) is 11.3. The summed E-state index contributed by atoms with van der Waals surface area (Å²) < 4.78 is 13.0. The van der Waals surface area contributed by atoms with E-state index in [1.807, 2.05) is 12.1 Å². The monoisotopic (exact) mass is 352 g/mol. The van der Waals surface area contributed by atoms with Gasteiger partial charge in [-0.3, -0.25) is 0 Å². The van der Waals surface area contributed by atoms with E-state index in [4.69, 9.17) is 9.47 Å². The molecule has 26 heavy (non-hydrogen) atoms. The van der Waals surface area contributed by atoms with Gasteiger partial charge in [-0.25, -0.2) is 0 Å². The molecule has 1 heterocycles. The van der Waals surface area contributed by atoms with E-state index in [1.54, 1.807) is 14.2 Å². The number of rotatable bonds is 8. The Hall–Kier alpha value is -2.46. The zero-order chi connectivity index (χ0) is 18.5. The molecule has 138 valence electrons. The lowest BCUT2D eigenvalue weighted by Crippen LogP contribution is -2.16. The van der Waals surface area contributed by atoms with Crippen molar-refractivity contribution in [2.75, 3.05) is 20.8 Å². The maximum atomic E-state index is 5.38. The quantitative estimate of drug-likeness (QED) is 0.603. The number of methoxy groups -OCH3 is 2. The van der Waals surface area contributed by atoms with Crippen LogP contribution in [0.1, 0.15) is 31.0 Å². The Morgan fingerprint density at radius 2 is 1.77 bits per heavy atom. The number of hydrogen-bond donors (Lipinski definition) is 1. The van der Waals surface area contributed by atoms with Crippen LogP contribution in [-0.4, -0.2) is 25.3 Å². The second-order valence-corrected chi connectivity index (χ2v) is 6.79. The SMILES string of the molecule is COc1ccc(CCNCc2cn(C(C)C)c3ccccc23)cc1OC. The fourth-order valence-electron chi connectivity index (χ4n) is 3.34. The van der Waals surface area contributed by atoms with Crippen molar-refractivity contribution in [3.63, 3.8) is 0 Å². The van der Waals surface area contributed by atoms with Gasteiger partial charge in [0.15, 0.2) is 11.5 Å². The van der Waals surface area contributed by atoms with E-state index < -0.39 is 0 Å². The van der Waals surface area contributed by atoms with Crippen LogP contribution in [0.15, 0.2) is 48.7 Å². The molecule has 1 N–H and O–H groups in total. The van der Waals surface area contributed by atoms with Crippen molar-refractivity contribution in [1.82, 2.24) is 9.88 Å². The molecule has 2 aromatic carbocycles. The van der Waals surface area contributed by atoms with Crippen LogP contribution in [0.3, 0.4) is 0 Å². The lowest BCUT2D eigenvalue weighted by atomic mass is 10.1. The second-order valence-electron chi connectivity index (χ2n) is 6.79. The fraction of sp³-hybridized carbons (Fsp3) is 0.364. The van der Waals surface area contributed by atoms with Crippen molar-refractivity contribution in [1.29, 1.82) is 0 Å². The molecule has 4 nitrogen and oxygen atoms in total. The van der Waals surface area contributed by atoms with Gasteiger partial charge in [-0.15, -0.1) is 0 Å². The molecule has 0 amide bonds. The standard InChI is InChI=1S/C22H28N2O2/c1-16(2)24-15-18(19-7-5-6-8-20(19)24)14-23-12-11-17-9-10-21(25-3)22(13-17)26-4/h5-10,13,15-16,23H,11-12,14H2,1-4H3. The number of nitrogens with one attached hydrogen (secondary N) is 1. The van der Waals surface area contributed by atoms with Gasteiger partial charge in [0.25, 0.3) is 0 Å². The molecule has 0 aliphatic carbocycles. The Morgan fingerprint density at radius 1 is 1.00 bits per heavy atom. The molecule has 0 aliphatic heterocycles. The molecular formula is C22H28N2O2. The molecule has 0 saturated carbocycles. The van der Waals surface area contributed by atoms with Crippen LogP contribution < -0.4 is 14.8 Å². The van der Waals surface area contributed by atoms with Crippen molar-refractivity contribution in [2.45, 2.75) is 32.9 Å². The maximum Gasteiger partial charge on any atom is 0.160 e. The highest BCUT2D eigenvalue weighted by Crippen LogP contribution is 2.28. The molecule has 3 aromatic rings. The zero-order valence-electron chi connectivity index (χ0n) is 16.1. The minimum atomic E-state index is 0.459. The van der Waals surface area contributed by atoms with E-state index in [0.717, 1.165) is 31.0 Å². The lowest BCUT2D eigenvalue weighted by molar-refractivity contribution is 0.354. The van der Waals surface area contributed by atoms with Crippen molar-refractivity contribution < 1.29 is 9.47 Å². The van der Waals surface area contributed by atoms with Crippen molar-refractivity contribution >= 4 is 10.9 Å². The Kier molecular flexibility index (Phi) is 5.84. The molecule has 0 saturated heterocycles. The molecule has 0 radical (unpaired) electrons. The first-order valence-electron chi connectivity index (χ1n) is 9.14. The number of nitrogens with zero attached hydrogens (tertiary/aromatic N) is 1. The summed E-state index contributed by atoms with van der Waals surface area (Å²) in [6.07, 6.45) is 3.22. The van der Waals surface area contributed by atoms with Crippen molar-refractivity contribution in [2.24, 2.45) is 0 Å². The third kappa shape index (κ3) is 3.86. The summed E-state index contributed by atoms with van der Waals surface area (Å²) in [5.74, 6) is 1.55. The lowest BCUT2D eigenvalue weighted by Gasteiger charge is -2.10. The van der Waals surface area contributed by atoms with Crippen LogP contribution in [-0.2, 0) is 13.0 Å². The Bertz CT molecular complexity index is 868. The average molecular weight is 352 g/mol. The van der Waals surface area contributed by atoms with Gasteiger partial charge in [0, 0.05) is 29.7 Å². The molecule has 0 spiro atoms. The Labute approximate surface area is 155 Å². The molecule has 0 aliphatic rings. The highest BCUT2D eigenvalue weighted by Gasteiger charge is 2.10. The van der Waals surface area contributed by atoms with Gasteiger partial charge in [-0.05, 0) is 56.1 Å². The molecule has 0 atom stereocenters. The van der Waals surface area contributed by atoms with E-state index in [2.05, 4.69) is 60.3 Å². The first kappa shape index (κ1) is 18.3. The van der Waals surface area contributed by atoms with Gasteiger partial charge in [0.1, 0.15) is 0 Å². The van der Waals surface area contributed by atoms with Crippen LogP contribution in [0.25, 0.3) is 10.9 Å². The summed E-state index contributed by atoms with van der Waals surface area (Å²) in [6.45, 7) is 6.23. The van der Waals surface area contributed by atoms with Gasteiger partial charge < -0.3 is 19.4 Å². The minimum Gasteiger partial charge on any atom is -0.493 e. The third-order valence-electron chi connectivity index (χ3n) is 4.73. The highest BCUT2D eigenvalue weighted by atomic mass is 16.5. The van der Waals surface area contributed by atoms with E-state index in [0.29, 0.717) is 6.04 Å². The maximum absolute atomic E-state index is 5.38. The van der Waals surface area contributed by atoms with E-state index in [-0.39, 0.29) is 0 Å². The summed E-state index contributed by atoms with van der Waals surface area (Å²) in [6, 6.07) is 15.2. The van der Waals surface area contributed by atoms with Gasteiger partial charge in [0.2, 0.25) is 0 Å². The second kappa shape index (κ2) is 8.28. The molecular weight excluding hydrogens is 324 g/mol. The highest BCUT2D eigenvalue weighted by molar-refractivity contribution is 5.84. The van der Waals surface area contributed by atoms with Gasteiger partial charge >= 0.3 is 0 Å². The molecule has 0 bridgehead atoms. The van der Waals surface area contributed by atoms with Gasteiger partial charge in [-0.1, -0.05) is 24.3 Å². The van der Waals surface area contributed by atoms with Crippen molar-refractivity contribution in [3.8, 4) is 11.5 Å². The van der Waals surface area contributed by atoms with Gasteiger partial charge in [0.05, 0.1) is 14.2 Å². The van der Waals surface area contributed by atoms with Crippen molar-refractivity contribution in [3.05, 3.63) is 59.8 Å². The topological polar surface area (TPSA) is 35.4 Å². The smallest absolute Gasteiger partial charge is 0.160 e. The van der Waals surface area contributed by atoms with E-state index in [1.165, 1.54) is 22.0 Å². The molecule has 4 heteroatoms. The minimum absolute atomic E-state index is 0.459. The van der Waals surface area contributed by atoms with Gasteiger partial charge in [-0.2, -0.15) is 0 Å². The first-order valence-corrected chi connectivity index (χ1v) is 9.14. The van der Waals surface area contributed by atoms with Crippen LogP contribution in [0.5, 0.6) is 11.5 Å². The summed E-state index contributed by atoms with van der Waals surface area (Å²) in [4.78, 5) is 0. The summed E-state index contributed by atoms with van der Waals surface area (Å²) in [7, 11) is 3.33. The summed E-state index contributed by atoms with van der Waals surface area (Å²) in [5.41, 5.74) is 3.89. The first-order chi connectivity index (χ1) is 12.6. The number of para-hydroxylation sites is 1. The van der Waals surface area contributed by atoms with Crippen LogP contribution in [0.2, 0.25) is 0 Å². The average Bonchev–Trinajstić information content (AvgIpc) is 3.04. The Balaban J connectivity index is 1.63. The number of benzene rings is 2. The van der Waals surface area contributed by atoms with E-state index in [9.17, 15) is 0 Å². The molecule has 0 fully saturated rings. The Morgan fingerprint density at radius 3 is 2.50 bits per heavy atom. The zero-order valence-corrected chi connectivity index (χ0v) is 16.1. The summed E-state index contributed by atoms with van der Waals surface area (Å²) in [5, 5.41) is 4.91. The number of fused-ring (bicyclic) bond motifs is 1. The molecule has 3 rings (SSSR count). The molecule has 1 aromatic heterocycles. The predicted octanol–water partition coefficient (Wildman–Crippen LogP) is 4.57. The molecule has 0 unspecified atom stereocenters. The largest absolute Gasteiger partial charge is 0.493 e. The number of hydrogen-bond acceptors (Lipinski definition) is 3.